The maximum atomic E-state index is 11.8. The first-order valence-corrected chi connectivity index (χ1v) is 6.12. The molecule has 2 nitrogen and oxygen atoms in total. The highest BCUT2D eigenvalue weighted by atomic mass is 32.2. The Morgan fingerprint density at radius 1 is 1.29 bits per heavy atom. The number of rotatable bonds is 4. The molecule has 0 spiro atoms. The molecule has 2 N–H and O–H groups in total. The molecule has 0 aliphatic rings. The zero-order chi connectivity index (χ0) is 10.6. The van der Waals surface area contributed by atoms with E-state index in [2.05, 4.69) is 0 Å². The van der Waals surface area contributed by atoms with Gasteiger partial charge in [0.05, 0.1) is 6.04 Å². The van der Waals surface area contributed by atoms with Crippen LogP contribution in [-0.4, -0.2) is 16.3 Å². The van der Waals surface area contributed by atoms with Crippen LogP contribution in [0.1, 0.15) is 13.8 Å². The zero-order valence-electron chi connectivity index (χ0n) is 8.64. The van der Waals surface area contributed by atoms with Crippen molar-refractivity contribution in [1.29, 1.82) is 0 Å². The molecule has 1 rings (SSSR count). The van der Waals surface area contributed by atoms with Crippen LogP contribution in [0, 0.1) is 5.92 Å². The first-order chi connectivity index (χ1) is 6.61. The third kappa shape index (κ3) is 3.33. The van der Waals surface area contributed by atoms with Crippen LogP contribution in [-0.2, 0) is 11.2 Å². The van der Waals surface area contributed by atoms with Gasteiger partial charge in [0.2, 0.25) is 0 Å². The van der Waals surface area contributed by atoms with Crippen molar-refractivity contribution in [1.82, 2.24) is 0 Å². The summed E-state index contributed by atoms with van der Waals surface area (Å²) in [5.74, 6) is 0.921. The SMILES string of the molecule is CC(C)[C@H](N)C[S+]([O-])c1ccccc1. The second kappa shape index (κ2) is 5.39. The molecule has 2 atom stereocenters. The van der Waals surface area contributed by atoms with Crippen LogP contribution < -0.4 is 5.73 Å². The average Bonchev–Trinajstić information content (AvgIpc) is 2.19. The second-order valence-electron chi connectivity index (χ2n) is 3.73. The number of nitrogens with two attached hydrogens (primary N) is 1. The van der Waals surface area contributed by atoms with Crippen molar-refractivity contribution in [2.45, 2.75) is 24.8 Å². The van der Waals surface area contributed by atoms with Gasteiger partial charge in [-0.25, -0.2) is 0 Å². The van der Waals surface area contributed by atoms with Gasteiger partial charge in [-0.1, -0.05) is 32.0 Å². The molecule has 1 aromatic rings. The first kappa shape index (κ1) is 11.6. The van der Waals surface area contributed by atoms with Gasteiger partial charge in [-0.2, -0.15) is 0 Å². The van der Waals surface area contributed by atoms with Gasteiger partial charge in [-0.05, 0) is 29.2 Å². The maximum Gasteiger partial charge on any atom is 0.152 e. The quantitative estimate of drug-likeness (QED) is 0.772. The zero-order valence-corrected chi connectivity index (χ0v) is 9.46. The van der Waals surface area contributed by atoms with Crippen LogP contribution in [0.25, 0.3) is 0 Å². The largest absolute Gasteiger partial charge is 0.611 e. The highest BCUT2D eigenvalue weighted by molar-refractivity contribution is 7.91. The van der Waals surface area contributed by atoms with Gasteiger partial charge in [0.25, 0.3) is 0 Å². The lowest BCUT2D eigenvalue weighted by atomic mass is 10.1. The molecule has 0 bridgehead atoms. The van der Waals surface area contributed by atoms with Gasteiger partial charge < -0.3 is 10.3 Å². The molecule has 0 aliphatic carbocycles. The predicted octanol–water partition coefficient (Wildman–Crippen LogP) is 1.78. The van der Waals surface area contributed by atoms with E-state index in [9.17, 15) is 4.55 Å². The number of hydrogen-bond donors (Lipinski definition) is 1. The van der Waals surface area contributed by atoms with E-state index in [-0.39, 0.29) is 6.04 Å². The Morgan fingerprint density at radius 3 is 2.36 bits per heavy atom. The minimum absolute atomic E-state index is 0.0102. The summed E-state index contributed by atoms with van der Waals surface area (Å²) in [5.41, 5.74) is 5.86. The summed E-state index contributed by atoms with van der Waals surface area (Å²) in [6.45, 7) is 4.10. The maximum absolute atomic E-state index is 11.8. The van der Waals surface area contributed by atoms with Gasteiger partial charge >= 0.3 is 0 Å². The molecule has 0 radical (unpaired) electrons. The third-order valence-corrected chi connectivity index (χ3v) is 3.69. The normalized spacial score (nSPS) is 15.5. The molecule has 0 amide bonds. The number of benzene rings is 1. The summed E-state index contributed by atoms with van der Waals surface area (Å²) < 4.78 is 11.8. The summed E-state index contributed by atoms with van der Waals surface area (Å²) in [7, 11) is 0. The molecule has 0 aromatic heterocycles. The summed E-state index contributed by atoms with van der Waals surface area (Å²) in [5, 5.41) is 0. The van der Waals surface area contributed by atoms with Gasteiger partial charge in [-0.3, -0.25) is 0 Å². The monoisotopic (exact) mass is 211 g/mol. The van der Waals surface area contributed by atoms with Gasteiger partial charge in [0.1, 0.15) is 5.75 Å². The topological polar surface area (TPSA) is 49.1 Å². The van der Waals surface area contributed by atoms with Crippen molar-refractivity contribution in [3.05, 3.63) is 30.3 Å². The third-order valence-electron chi connectivity index (χ3n) is 2.21. The van der Waals surface area contributed by atoms with Gasteiger partial charge in [0, 0.05) is 0 Å². The molecule has 1 aromatic carbocycles. The molecule has 0 saturated carbocycles. The molecule has 0 fully saturated rings. The molecular formula is C11H17NOS. The van der Waals surface area contributed by atoms with Crippen LogP contribution in [0.15, 0.2) is 35.2 Å². The summed E-state index contributed by atoms with van der Waals surface area (Å²) in [6, 6.07) is 9.48. The molecule has 3 heteroatoms. The fraction of sp³-hybridized carbons (Fsp3) is 0.455. The van der Waals surface area contributed by atoms with E-state index in [1.807, 2.05) is 44.2 Å². The lowest BCUT2D eigenvalue weighted by molar-refractivity contribution is 0.516. The lowest BCUT2D eigenvalue weighted by Crippen LogP contribution is -2.34. The van der Waals surface area contributed by atoms with E-state index < -0.39 is 11.2 Å². The van der Waals surface area contributed by atoms with E-state index >= 15 is 0 Å². The summed E-state index contributed by atoms with van der Waals surface area (Å²) >= 11 is -0.959. The van der Waals surface area contributed by atoms with Crippen molar-refractivity contribution >= 4 is 11.2 Å². The highest BCUT2D eigenvalue weighted by Gasteiger charge is 2.17. The van der Waals surface area contributed by atoms with E-state index in [0.717, 1.165) is 4.90 Å². The van der Waals surface area contributed by atoms with Crippen molar-refractivity contribution in [2.24, 2.45) is 11.7 Å². The summed E-state index contributed by atoms with van der Waals surface area (Å²) in [6.07, 6.45) is 0. The van der Waals surface area contributed by atoms with Crippen LogP contribution in [0.4, 0.5) is 0 Å². The Kier molecular flexibility index (Phi) is 4.45. The van der Waals surface area contributed by atoms with Gasteiger partial charge in [-0.15, -0.1) is 0 Å². The molecule has 0 aliphatic heterocycles. The highest BCUT2D eigenvalue weighted by Crippen LogP contribution is 2.12. The Labute approximate surface area is 88.7 Å². The van der Waals surface area contributed by atoms with Crippen molar-refractivity contribution in [3.8, 4) is 0 Å². The van der Waals surface area contributed by atoms with E-state index in [0.29, 0.717) is 11.7 Å². The Bertz CT molecular complexity index is 263. The molecule has 78 valence electrons. The van der Waals surface area contributed by atoms with E-state index in [1.54, 1.807) is 0 Å². The lowest BCUT2D eigenvalue weighted by Gasteiger charge is -2.18. The average molecular weight is 211 g/mol. The van der Waals surface area contributed by atoms with Crippen LogP contribution >= 0.6 is 0 Å². The standard InChI is InChI=1S/C11H17NOS/c1-9(2)11(12)8-14(13)10-6-4-3-5-7-10/h3-7,9,11H,8,12H2,1-2H3/t11-,14?/m1/s1. The minimum Gasteiger partial charge on any atom is -0.611 e. The number of hydrogen-bond acceptors (Lipinski definition) is 2. The van der Waals surface area contributed by atoms with Crippen LogP contribution in [0.3, 0.4) is 0 Å². The predicted molar refractivity (Wildman–Crippen MR) is 60.5 cm³/mol. The Morgan fingerprint density at radius 2 is 1.86 bits per heavy atom. The fourth-order valence-corrected chi connectivity index (χ4v) is 2.42. The van der Waals surface area contributed by atoms with E-state index in [4.69, 9.17) is 5.73 Å². The molecule has 1 unspecified atom stereocenters. The Hall–Kier alpha value is -0.510. The summed E-state index contributed by atoms with van der Waals surface area (Å²) in [4.78, 5) is 0.864. The fourth-order valence-electron chi connectivity index (χ4n) is 1.04. The molecule has 0 heterocycles. The second-order valence-corrected chi connectivity index (χ2v) is 5.23. The Balaban J connectivity index is 2.55. The van der Waals surface area contributed by atoms with Crippen LogP contribution in [0.2, 0.25) is 0 Å². The van der Waals surface area contributed by atoms with Gasteiger partial charge in [0.15, 0.2) is 4.90 Å². The van der Waals surface area contributed by atoms with E-state index in [1.165, 1.54) is 0 Å². The van der Waals surface area contributed by atoms with Crippen molar-refractivity contribution in [2.75, 3.05) is 5.75 Å². The first-order valence-electron chi connectivity index (χ1n) is 4.80. The van der Waals surface area contributed by atoms with Crippen molar-refractivity contribution in [3.63, 3.8) is 0 Å². The minimum atomic E-state index is -0.959. The molecule has 14 heavy (non-hydrogen) atoms. The van der Waals surface area contributed by atoms with Crippen LogP contribution in [0.5, 0.6) is 0 Å². The smallest absolute Gasteiger partial charge is 0.152 e. The molecular weight excluding hydrogens is 194 g/mol. The molecule has 0 saturated heterocycles. The van der Waals surface area contributed by atoms with Crippen molar-refractivity contribution < 1.29 is 4.55 Å².